The van der Waals surface area contributed by atoms with E-state index >= 15 is 0 Å². The van der Waals surface area contributed by atoms with Gasteiger partial charge in [-0.3, -0.25) is 0 Å². The first kappa shape index (κ1) is 12.1. The molecule has 2 unspecified atom stereocenters. The molecule has 96 valence electrons. The van der Waals surface area contributed by atoms with Crippen LogP contribution >= 0.6 is 11.6 Å². The van der Waals surface area contributed by atoms with Gasteiger partial charge in [-0.2, -0.15) is 0 Å². The zero-order valence-corrected chi connectivity index (χ0v) is 11.3. The van der Waals surface area contributed by atoms with Crippen molar-refractivity contribution in [3.63, 3.8) is 0 Å². The fourth-order valence-electron chi connectivity index (χ4n) is 3.15. The normalized spacial score (nSPS) is 23.9. The third-order valence-electron chi connectivity index (χ3n) is 4.14. The SMILES string of the molecule is Cn1cc(CC2CCCC2O)c2cc(Cl)ccc21. The molecule has 18 heavy (non-hydrogen) atoms. The number of aliphatic hydroxyl groups is 1. The highest BCUT2D eigenvalue weighted by molar-refractivity contribution is 6.31. The van der Waals surface area contributed by atoms with Gasteiger partial charge in [-0.1, -0.05) is 18.0 Å². The Kier molecular flexibility index (Phi) is 3.08. The van der Waals surface area contributed by atoms with Crippen LogP contribution in [0.1, 0.15) is 24.8 Å². The quantitative estimate of drug-likeness (QED) is 0.881. The molecule has 0 aliphatic heterocycles. The number of aliphatic hydroxyl groups excluding tert-OH is 1. The van der Waals surface area contributed by atoms with Crippen LogP contribution in [-0.2, 0) is 13.5 Å². The van der Waals surface area contributed by atoms with Crippen molar-refractivity contribution < 1.29 is 5.11 Å². The average molecular weight is 264 g/mol. The van der Waals surface area contributed by atoms with E-state index in [4.69, 9.17) is 11.6 Å². The number of aryl methyl sites for hydroxylation is 1. The van der Waals surface area contributed by atoms with E-state index in [2.05, 4.69) is 23.9 Å². The molecular weight excluding hydrogens is 246 g/mol. The highest BCUT2D eigenvalue weighted by Gasteiger charge is 2.26. The Hall–Kier alpha value is -0.990. The molecule has 1 saturated carbocycles. The highest BCUT2D eigenvalue weighted by atomic mass is 35.5. The number of hydrogen-bond donors (Lipinski definition) is 1. The second kappa shape index (κ2) is 4.60. The molecule has 1 N–H and O–H groups in total. The summed E-state index contributed by atoms with van der Waals surface area (Å²) >= 11 is 6.09. The van der Waals surface area contributed by atoms with Gasteiger partial charge in [0.2, 0.25) is 0 Å². The first-order valence-electron chi connectivity index (χ1n) is 6.56. The molecule has 1 aromatic heterocycles. The number of nitrogens with zero attached hydrogens (tertiary/aromatic N) is 1. The number of fused-ring (bicyclic) bond motifs is 1. The molecule has 3 heteroatoms. The predicted molar refractivity (Wildman–Crippen MR) is 75.0 cm³/mol. The monoisotopic (exact) mass is 263 g/mol. The van der Waals surface area contributed by atoms with Gasteiger partial charge in [0, 0.05) is 29.2 Å². The molecule has 2 atom stereocenters. The number of rotatable bonds is 2. The topological polar surface area (TPSA) is 25.2 Å². The summed E-state index contributed by atoms with van der Waals surface area (Å²) in [6.07, 6.45) is 6.25. The molecule has 1 heterocycles. The third-order valence-corrected chi connectivity index (χ3v) is 4.37. The van der Waals surface area contributed by atoms with Crippen LogP contribution in [0.3, 0.4) is 0 Å². The standard InChI is InChI=1S/C15H18ClNO/c1-17-9-11(7-10-3-2-4-15(10)18)13-8-12(16)5-6-14(13)17/h5-6,8-10,15,18H,2-4,7H2,1H3. The lowest BCUT2D eigenvalue weighted by Gasteiger charge is -2.13. The zero-order valence-electron chi connectivity index (χ0n) is 10.6. The van der Waals surface area contributed by atoms with Crippen LogP contribution in [0, 0.1) is 5.92 Å². The average Bonchev–Trinajstić information content (AvgIpc) is 2.86. The third kappa shape index (κ3) is 2.04. The number of halogens is 1. The fraction of sp³-hybridized carbons (Fsp3) is 0.467. The van der Waals surface area contributed by atoms with Crippen LogP contribution in [0.25, 0.3) is 10.9 Å². The minimum absolute atomic E-state index is 0.126. The summed E-state index contributed by atoms with van der Waals surface area (Å²) in [5, 5.41) is 12.0. The van der Waals surface area contributed by atoms with Gasteiger partial charge in [0.15, 0.2) is 0 Å². The molecule has 0 radical (unpaired) electrons. The van der Waals surface area contributed by atoms with Crippen LogP contribution in [0.5, 0.6) is 0 Å². The minimum atomic E-state index is -0.126. The maximum atomic E-state index is 9.95. The van der Waals surface area contributed by atoms with Crippen LogP contribution in [0.2, 0.25) is 5.02 Å². The Balaban J connectivity index is 1.98. The van der Waals surface area contributed by atoms with Crippen molar-refractivity contribution >= 4 is 22.5 Å². The lowest BCUT2D eigenvalue weighted by atomic mass is 9.96. The fourth-order valence-corrected chi connectivity index (χ4v) is 3.32. The first-order valence-corrected chi connectivity index (χ1v) is 6.94. The summed E-state index contributed by atoms with van der Waals surface area (Å²) in [5.41, 5.74) is 2.52. The number of benzene rings is 1. The van der Waals surface area contributed by atoms with E-state index in [1.807, 2.05) is 12.1 Å². The Morgan fingerprint density at radius 3 is 2.94 bits per heavy atom. The molecular formula is C15H18ClNO. The smallest absolute Gasteiger partial charge is 0.0571 e. The van der Waals surface area contributed by atoms with E-state index in [1.54, 1.807) is 0 Å². The molecule has 0 bridgehead atoms. The van der Waals surface area contributed by atoms with Crippen LogP contribution < -0.4 is 0 Å². The van der Waals surface area contributed by atoms with E-state index in [0.29, 0.717) is 5.92 Å². The molecule has 1 fully saturated rings. The Labute approximate surface area is 112 Å². The highest BCUT2D eigenvalue weighted by Crippen LogP contribution is 2.32. The molecule has 1 aliphatic carbocycles. The zero-order chi connectivity index (χ0) is 12.7. The number of hydrogen-bond acceptors (Lipinski definition) is 1. The summed E-state index contributed by atoms with van der Waals surface area (Å²) < 4.78 is 2.14. The summed E-state index contributed by atoms with van der Waals surface area (Å²) in [6, 6.07) is 6.03. The van der Waals surface area contributed by atoms with E-state index in [-0.39, 0.29) is 6.10 Å². The summed E-state index contributed by atoms with van der Waals surface area (Å²) in [7, 11) is 2.06. The van der Waals surface area contributed by atoms with E-state index in [0.717, 1.165) is 30.7 Å². The Bertz CT molecular complexity index is 575. The molecule has 3 rings (SSSR count). The summed E-state index contributed by atoms with van der Waals surface area (Å²) in [4.78, 5) is 0. The number of aromatic nitrogens is 1. The molecule has 2 nitrogen and oxygen atoms in total. The molecule has 0 spiro atoms. The summed E-state index contributed by atoms with van der Waals surface area (Å²) in [5.74, 6) is 0.412. The van der Waals surface area contributed by atoms with E-state index in [9.17, 15) is 5.11 Å². The van der Waals surface area contributed by atoms with Crippen molar-refractivity contribution in [1.82, 2.24) is 4.57 Å². The maximum absolute atomic E-state index is 9.95. The van der Waals surface area contributed by atoms with Crippen molar-refractivity contribution in [1.29, 1.82) is 0 Å². The minimum Gasteiger partial charge on any atom is -0.393 e. The van der Waals surface area contributed by atoms with Crippen molar-refractivity contribution in [2.45, 2.75) is 31.8 Å². The van der Waals surface area contributed by atoms with Gasteiger partial charge < -0.3 is 9.67 Å². The van der Waals surface area contributed by atoms with Gasteiger partial charge in [0.05, 0.1) is 6.10 Å². The van der Waals surface area contributed by atoms with Gasteiger partial charge in [-0.25, -0.2) is 0 Å². The first-order chi connectivity index (χ1) is 8.65. The van der Waals surface area contributed by atoms with Gasteiger partial charge in [0.1, 0.15) is 0 Å². The molecule has 0 saturated heterocycles. The second-order valence-electron chi connectivity index (χ2n) is 5.39. The van der Waals surface area contributed by atoms with Crippen LogP contribution in [-0.4, -0.2) is 15.8 Å². The van der Waals surface area contributed by atoms with Crippen molar-refractivity contribution in [2.24, 2.45) is 13.0 Å². The second-order valence-corrected chi connectivity index (χ2v) is 5.83. The van der Waals surface area contributed by atoms with Crippen molar-refractivity contribution in [2.75, 3.05) is 0 Å². The van der Waals surface area contributed by atoms with Gasteiger partial charge in [-0.05, 0) is 48.9 Å². The molecule has 1 aromatic carbocycles. The molecule has 1 aliphatic rings. The molecule has 2 aromatic rings. The van der Waals surface area contributed by atoms with Crippen molar-refractivity contribution in [3.05, 3.63) is 35.0 Å². The van der Waals surface area contributed by atoms with Crippen LogP contribution in [0.4, 0.5) is 0 Å². The predicted octanol–water partition coefficient (Wildman–Crippen LogP) is 3.54. The Morgan fingerprint density at radius 2 is 2.22 bits per heavy atom. The van der Waals surface area contributed by atoms with Crippen molar-refractivity contribution in [3.8, 4) is 0 Å². The molecule has 0 amide bonds. The lowest BCUT2D eigenvalue weighted by molar-refractivity contribution is 0.133. The summed E-state index contributed by atoms with van der Waals surface area (Å²) in [6.45, 7) is 0. The van der Waals surface area contributed by atoms with Gasteiger partial charge in [0.25, 0.3) is 0 Å². The Morgan fingerprint density at radius 1 is 1.39 bits per heavy atom. The maximum Gasteiger partial charge on any atom is 0.0571 e. The van der Waals surface area contributed by atoms with E-state index in [1.165, 1.54) is 16.5 Å². The van der Waals surface area contributed by atoms with Gasteiger partial charge >= 0.3 is 0 Å². The van der Waals surface area contributed by atoms with Crippen LogP contribution in [0.15, 0.2) is 24.4 Å². The lowest BCUT2D eigenvalue weighted by Crippen LogP contribution is -2.15. The van der Waals surface area contributed by atoms with E-state index < -0.39 is 0 Å². The van der Waals surface area contributed by atoms with Gasteiger partial charge in [-0.15, -0.1) is 0 Å². The largest absolute Gasteiger partial charge is 0.393 e.